The van der Waals surface area contributed by atoms with Crippen molar-refractivity contribution in [1.29, 1.82) is 0 Å². The van der Waals surface area contributed by atoms with Crippen molar-refractivity contribution >= 4 is 58.4 Å². The highest BCUT2D eigenvalue weighted by Crippen LogP contribution is 2.35. The molecular formula is C24H16N2O4S2. The van der Waals surface area contributed by atoms with Crippen molar-refractivity contribution < 1.29 is 9.85 Å². The Kier molecular flexibility index (Phi) is 6.34. The zero-order chi connectivity index (χ0) is 22.5. The van der Waals surface area contributed by atoms with Gasteiger partial charge in [-0.1, -0.05) is 24.3 Å². The number of nitro groups is 2. The van der Waals surface area contributed by atoms with Crippen LogP contribution in [0, 0.1) is 20.2 Å². The summed E-state index contributed by atoms with van der Waals surface area (Å²) in [6, 6.07) is 12.9. The Hall–Kier alpha value is -3.88. The third kappa shape index (κ3) is 4.88. The predicted molar refractivity (Wildman–Crippen MR) is 132 cm³/mol. The van der Waals surface area contributed by atoms with E-state index < -0.39 is 9.85 Å². The number of thiophene rings is 2. The molecule has 0 saturated heterocycles. The number of hydrogen-bond donors (Lipinski definition) is 0. The van der Waals surface area contributed by atoms with Crippen LogP contribution in [0.2, 0.25) is 0 Å². The first-order chi connectivity index (χ1) is 15.5. The van der Waals surface area contributed by atoms with Gasteiger partial charge in [0.05, 0.1) is 9.85 Å². The summed E-state index contributed by atoms with van der Waals surface area (Å²) in [6.07, 6.45) is 7.89. The highest BCUT2D eigenvalue weighted by Gasteiger charge is 2.10. The van der Waals surface area contributed by atoms with Gasteiger partial charge < -0.3 is 0 Å². The largest absolute Gasteiger partial charge is 0.269 e. The summed E-state index contributed by atoms with van der Waals surface area (Å²) in [7, 11) is 0. The third-order valence-corrected chi connectivity index (χ3v) is 6.32. The summed E-state index contributed by atoms with van der Waals surface area (Å²) < 4.78 is 0. The topological polar surface area (TPSA) is 86.3 Å². The van der Waals surface area contributed by atoms with Crippen LogP contribution in [0.4, 0.5) is 11.4 Å². The van der Waals surface area contributed by atoms with Gasteiger partial charge in [-0.15, -0.1) is 0 Å². The lowest BCUT2D eigenvalue weighted by Gasteiger charge is -2.01. The fourth-order valence-corrected chi connectivity index (χ4v) is 4.73. The minimum absolute atomic E-state index is 0.0705. The Morgan fingerprint density at radius 3 is 1.28 bits per heavy atom. The Balaban J connectivity index is 1.55. The van der Waals surface area contributed by atoms with Gasteiger partial charge in [0.15, 0.2) is 0 Å². The molecule has 2 aromatic carbocycles. The standard InChI is InChI=1S/C24H16N2O4S2/c27-25(28)21-9-3-17(4-10-21)1-7-19-13-31-15-23(19)24-16-32-14-20(24)8-2-18-5-11-22(12-6-18)26(29)30/h1-16H. The van der Waals surface area contributed by atoms with Gasteiger partial charge in [0, 0.05) is 35.4 Å². The van der Waals surface area contributed by atoms with Crippen molar-refractivity contribution in [3.8, 4) is 11.1 Å². The van der Waals surface area contributed by atoms with Gasteiger partial charge in [0.25, 0.3) is 11.4 Å². The van der Waals surface area contributed by atoms with Crippen molar-refractivity contribution in [3.63, 3.8) is 0 Å². The second-order valence-corrected chi connectivity index (χ2v) is 8.33. The maximum Gasteiger partial charge on any atom is 0.269 e. The molecule has 0 fully saturated rings. The molecule has 0 saturated carbocycles. The molecule has 0 spiro atoms. The summed E-state index contributed by atoms with van der Waals surface area (Å²) in [5, 5.41) is 29.9. The average molecular weight is 461 g/mol. The van der Waals surface area contributed by atoms with Crippen LogP contribution in [0.15, 0.2) is 70.1 Å². The van der Waals surface area contributed by atoms with Crippen LogP contribution in [-0.4, -0.2) is 9.85 Å². The minimum atomic E-state index is -0.410. The van der Waals surface area contributed by atoms with E-state index in [1.165, 1.54) is 24.3 Å². The molecule has 4 rings (SSSR count). The van der Waals surface area contributed by atoms with Crippen LogP contribution in [0.3, 0.4) is 0 Å². The first-order valence-corrected chi connectivity index (χ1v) is 11.4. The number of nitro benzene ring substituents is 2. The fourth-order valence-electron chi connectivity index (χ4n) is 3.10. The fraction of sp³-hybridized carbons (Fsp3) is 0. The van der Waals surface area contributed by atoms with Crippen LogP contribution in [0.5, 0.6) is 0 Å². The Morgan fingerprint density at radius 2 is 0.938 bits per heavy atom. The van der Waals surface area contributed by atoms with Crippen LogP contribution < -0.4 is 0 Å². The molecule has 0 radical (unpaired) electrons. The van der Waals surface area contributed by atoms with Crippen LogP contribution in [-0.2, 0) is 0 Å². The third-order valence-electron chi connectivity index (χ3n) is 4.79. The Morgan fingerprint density at radius 1 is 0.562 bits per heavy atom. The molecule has 158 valence electrons. The van der Waals surface area contributed by atoms with Gasteiger partial charge in [0.1, 0.15) is 0 Å². The molecule has 2 heterocycles. The van der Waals surface area contributed by atoms with Gasteiger partial charge in [-0.05, 0) is 68.0 Å². The quantitative estimate of drug-likeness (QED) is 0.209. The van der Waals surface area contributed by atoms with E-state index in [-0.39, 0.29) is 11.4 Å². The van der Waals surface area contributed by atoms with E-state index in [1.807, 2.05) is 24.3 Å². The molecular weight excluding hydrogens is 444 g/mol. The molecule has 0 amide bonds. The smallest absolute Gasteiger partial charge is 0.258 e. The van der Waals surface area contributed by atoms with E-state index in [0.29, 0.717) is 0 Å². The minimum Gasteiger partial charge on any atom is -0.258 e. The van der Waals surface area contributed by atoms with Gasteiger partial charge in [-0.3, -0.25) is 20.2 Å². The second-order valence-electron chi connectivity index (χ2n) is 6.85. The summed E-state index contributed by atoms with van der Waals surface area (Å²) >= 11 is 3.22. The number of rotatable bonds is 7. The lowest BCUT2D eigenvalue weighted by molar-refractivity contribution is -0.385. The molecule has 2 aromatic heterocycles. The molecule has 0 unspecified atom stereocenters. The second kappa shape index (κ2) is 9.51. The predicted octanol–water partition coefficient (Wildman–Crippen LogP) is 7.63. The van der Waals surface area contributed by atoms with Crippen LogP contribution >= 0.6 is 22.7 Å². The Labute approximate surface area is 191 Å². The molecule has 6 nitrogen and oxygen atoms in total. The van der Waals surface area contributed by atoms with Gasteiger partial charge in [0.2, 0.25) is 0 Å². The molecule has 0 bridgehead atoms. The number of benzene rings is 2. The van der Waals surface area contributed by atoms with E-state index in [2.05, 4.69) is 21.5 Å². The highest BCUT2D eigenvalue weighted by atomic mass is 32.1. The van der Waals surface area contributed by atoms with E-state index in [1.54, 1.807) is 46.9 Å². The van der Waals surface area contributed by atoms with Crippen molar-refractivity contribution in [1.82, 2.24) is 0 Å². The lowest BCUT2D eigenvalue weighted by atomic mass is 10.0. The summed E-state index contributed by atoms with van der Waals surface area (Å²) in [5.41, 5.74) is 6.26. The van der Waals surface area contributed by atoms with E-state index in [0.717, 1.165) is 33.4 Å². The first-order valence-electron chi connectivity index (χ1n) is 9.49. The maximum absolute atomic E-state index is 10.8. The van der Waals surface area contributed by atoms with Crippen molar-refractivity contribution in [2.75, 3.05) is 0 Å². The van der Waals surface area contributed by atoms with Gasteiger partial charge in [-0.2, -0.15) is 22.7 Å². The van der Waals surface area contributed by atoms with Crippen molar-refractivity contribution in [2.45, 2.75) is 0 Å². The van der Waals surface area contributed by atoms with E-state index in [4.69, 9.17) is 0 Å². The van der Waals surface area contributed by atoms with Crippen molar-refractivity contribution in [3.05, 3.63) is 113 Å². The summed E-state index contributed by atoms with van der Waals surface area (Å²) in [5.74, 6) is 0. The molecule has 0 atom stereocenters. The monoisotopic (exact) mass is 460 g/mol. The first kappa shape index (κ1) is 21.4. The summed E-state index contributed by atoms with van der Waals surface area (Å²) in [6.45, 7) is 0. The molecule has 8 heteroatoms. The lowest BCUT2D eigenvalue weighted by Crippen LogP contribution is -1.86. The normalized spacial score (nSPS) is 11.4. The molecule has 32 heavy (non-hydrogen) atoms. The number of non-ortho nitro benzene ring substituents is 2. The van der Waals surface area contributed by atoms with Gasteiger partial charge in [-0.25, -0.2) is 0 Å². The molecule has 0 aliphatic carbocycles. The maximum atomic E-state index is 10.8. The number of hydrogen-bond acceptors (Lipinski definition) is 6. The van der Waals surface area contributed by atoms with E-state index >= 15 is 0 Å². The van der Waals surface area contributed by atoms with Crippen LogP contribution in [0.1, 0.15) is 22.3 Å². The molecule has 0 aliphatic heterocycles. The average Bonchev–Trinajstić information content (AvgIpc) is 3.45. The molecule has 0 N–H and O–H groups in total. The SMILES string of the molecule is O=[N+]([O-])c1ccc(C=Cc2cscc2-c2cscc2C=Cc2ccc([N+](=O)[O-])cc2)cc1. The molecule has 0 aliphatic rings. The van der Waals surface area contributed by atoms with Crippen molar-refractivity contribution in [2.24, 2.45) is 0 Å². The summed E-state index contributed by atoms with van der Waals surface area (Å²) in [4.78, 5) is 20.8. The van der Waals surface area contributed by atoms with Gasteiger partial charge >= 0.3 is 0 Å². The molecule has 4 aromatic rings. The van der Waals surface area contributed by atoms with Crippen LogP contribution in [0.25, 0.3) is 35.4 Å². The zero-order valence-corrected chi connectivity index (χ0v) is 18.2. The zero-order valence-electron chi connectivity index (χ0n) is 16.6. The Bertz CT molecular complexity index is 1210. The van der Waals surface area contributed by atoms with E-state index in [9.17, 15) is 20.2 Å². The number of nitrogens with zero attached hydrogens (tertiary/aromatic N) is 2. The highest BCUT2D eigenvalue weighted by molar-refractivity contribution is 7.09.